The summed E-state index contributed by atoms with van der Waals surface area (Å²) in [6, 6.07) is 4.55. The Labute approximate surface area is 113 Å². The second kappa shape index (κ2) is 6.74. The first-order valence-corrected chi connectivity index (χ1v) is 7.70. The molecule has 0 amide bonds. The van der Waals surface area contributed by atoms with E-state index >= 15 is 0 Å². The number of sulfonamides is 1. The molecule has 108 valence electrons. The molecule has 6 nitrogen and oxygen atoms in total. The predicted molar refractivity (Wildman–Crippen MR) is 76.2 cm³/mol. The van der Waals surface area contributed by atoms with Crippen molar-refractivity contribution in [1.29, 1.82) is 0 Å². The number of nitrogens with one attached hydrogen (secondary N) is 1. The highest BCUT2D eigenvalue weighted by Gasteiger charge is 2.15. The first kappa shape index (κ1) is 15.7. The zero-order valence-corrected chi connectivity index (χ0v) is 11.8. The third kappa shape index (κ3) is 4.70. The Morgan fingerprint density at radius 3 is 2.63 bits per heavy atom. The summed E-state index contributed by atoms with van der Waals surface area (Å²) >= 11 is 0. The van der Waals surface area contributed by atoms with Gasteiger partial charge in [0.1, 0.15) is 4.90 Å². The average Bonchev–Trinajstić information content (AvgIpc) is 2.34. The van der Waals surface area contributed by atoms with Crippen LogP contribution in [0.2, 0.25) is 0 Å². The van der Waals surface area contributed by atoms with E-state index in [4.69, 9.17) is 16.0 Å². The molecule has 19 heavy (non-hydrogen) atoms. The third-order valence-electron chi connectivity index (χ3n) is 3.01. The summed E-state index contributed by atoms with van der Waals surface area (Å²) in [7, 11) is -3.81. The topological polar surface area (TPSA) is 118 Å². The van der Waals surface area contributed by atoms with Crippen LogP contribution >= 0.6 is 0 Å². The Morgan fingerprint density at radius 1 is 1.42 bits per heavy atom. The minimum atomic E-state index is -3.81. The summed E-state index contributed by atoms with van der Waals surface area (Å²) in [5.74, 6) is 0.274. The fraction of sp³-hybridized carbons (Fsp3) is 0.500. The smallest absolute Gasteiger partial charge is 0.240 e. The van der Waals surface area contributed by atoms with Crippen molar-refractivity contribution in [1.82, 2.24) is 0 Å². The van der Waals surface area contributed by atoms with Crippen molar-refractivity contribution in [3.8, 4) is 0 Å². The first-order valence-electron chi connectivity index (χ1n) is 6.15. The van der Waals surface area contributed by atoms with Gasteiger partial charge in [-0.2, -0.15) is 0 Å². The van der Waals surface area contributed by atoms with Crippen LogP contribution in [0.1, 0.15) is 19.8 Å². The molecule has 0 saturated carbocycles. The van der Waals surface area contributed by atoms with Crippen LogP contribution < -0.4 is 16.2 Å². The molecule has 0 saturated heterocycles. The Balaban J connectivity index is 2.89. The molecule has 1 atom stereocenters. The number of primary sulfonamides is 1. The van der Waals surface area contributed by atoms with Crippen LogP contribution in [0.5, 0.6) is 0 Å². The van der Waals surface area contributed by atoms with E-state index in [0.29, 0.717) is 24.3 Å². The van der Waals surface area contributed by atoms with Gasteiger partial charge in [0.25, 0.3) is 0 Å². The Hall–Kier alpha value is -1.31. The van der Waals surface area contributed by atoms with E-state index in [1.807, 2.05) is 6.92 Å². The largest absolute Gasteiger partial charge is 0.399 e. The molecule has 0 aliphatic heterocycles. The van der Waals surface area contributed by atoms with Crippen LogP contribution in [-0.2, 0) is 10.0 Å². The summed E-state index contributed by atoms with van der Waals surface area (Å²) in [4.78, 5) is -0.00801. The molecular weight excluding hydrogens is 266 g/mol. The van der Waals surface area contributed by atoms with Gasteiger partial charge < -0.3 is 16.2 Å². The first-order chi connectivity index (χ1) is 8.88. The monoisotopic (exact) mass is 287 g/mol. The molecule has 1 aromatic carbocycles. The summed E-state index contributed by atoms with van der Waals surface area (Å²) in [5.41, 5.74) is 6.36. The Bertz CT molecular complexity index is 517. The minimum Gasteiger partial charge on any atom is -0.399 e. The van der Waals surface area contributed by atoms with Crippen molar-refractivity contribution < 1.29 is 13.5 Å². The van der Waals surface area contributed by atoms with Crippen molar-refractivity contribution in [2.45, 2.75) is 24.7 Å². The van der Waals surface area contributed by atoms with Gasteiger partial charge in [0.15, 0.2) is 0 Å². The van der Waals surface area contributed by atoms with Gasteiger partial charge in [0, 0.05) is 18.8 Å². The molecule has 1 rings (SSSR count). The predicted octanol–water partition coefficient (Wildman–Crippen LogP) is 0.737. The fourth-order valence-corrected chi connectivity index (χ4v) is 2.55. The van der Waals surface area contributed by atoms with Gasteiger partial charge in [-0.3, -0.25) is 0 Å². The number of aliphatic hydroxyl groups excluding tert-OH is 1. The highest BCUT2D eigenvalue weighted by atomic mass is 32.2. The van der Waals surface area contributed by atoms with Crippen molar-refractivity contribution in [3.63, 3.8) is 0 Å². The summed E-state index contributed by atoms with van der Waals surface area (Å²) < 4.78 is 23.0. The Kier molecular flexibility index (Phi) is 5.59. The third-order valence-corrected chi connectivity index (χ3v) is 3.96. The number of nitrogens with two attached hydrogens (primary N) is 2. The lowest BCUT2D eigenvalue weighted by Crippen LogP contribution is -2.19. The van der Waals surface area contributed by atoms with E-state index in [2.05, 4.69) is 5.32 Å². The number of hydrogen-bond donors (Lipinski definition) is 4. The van der Waals surface area contributed by atoms with Crippen molar-refractivity contribution >= 4 is 21.4 Å². The number of hydrogen-bond acceptors (Lipinski definition) is 5. The molecule has 7 heteroatoms. The number of nitrogen functional groups attached to an aromatic ring is 1. The van der Waals surface area contributed by atoms with Gasteiger partial charge in [-0.1, -0.05) is 13.3 Å². The van der Waals surface area contributed by atoms with E-state index in [1.165, 1.54) is 6.07 Å². The quantitative estimate of drug-likeness (QED) is 0.551. The zero-order chi connectivity index (χ0) is 14.5. The van der Waals surface area contributed by atoms with E-state index in [1.54, 1.807) is 12.1 Å². The maximum atomic E-state index is 11.5. The second-order valence-electron chi connectivity index (χ2n) is 4.47. The minimum absolute atomic E-state index is 0.00801. The molecule has 0 aliphatic rings. The second-order valence-corrected chi connectivity index (χ2v) is 6.00. The molecule has 0 aromatic heterocycles. The van der Waals surface area contributed by atoms with Gasteiger partial charge in [-0.15, -0.1) is 0 Å². The number of benzene rings is 1. The lowest BCUT2D eigenvalue weighted by atomic mass is 10.0. The molecule has 0 fully saturated rings. The summed E-state index contributed by atoms with van der Waals surface area (Å²) in [6.45, 7) is 2.71. The molecule has 6 N–H and O–H groups in total. The van der Waals surface area contributed by atoms with Gasteiger partial charge in [-0.25, -0.2) is 13.6 Å². The van der Waals surface area contributed by atoms with Crippen molar-refractivity contribution in [3.05, 3.63) is 18.2 Å². The van der Waals surface area contributed by atoms with Crippen LogP contribution in [0.4, 0.5) is 11.4 Å². The molecule has 0 aliphatic carbocycles. The average molecular weight is 287 g/mol. The SMILES string of the molecule is CCC(CCO)CNc1ccc(N)cc1S(N)(=O)=O. The van der Waals surface area contributed by atoms with Gasteiger partial charge in [0.05, 0.1) is 5.69 Å². The molecule has 1 aromatic rings. The van der Waals surface area contributed by atoms with Crippen molar-refractivity contribution in [2.75, 3.05) is 24.2 Å². The van der Waals surface area contributed by atoms with Crippen LogP contribution in [0, 0.1) is 5.92 Å². The van der Waals surface area contributed by atoms with Crippen LogP contribution in [0.3, 0.4) is 0 Å². The zero-order valence-electron chi connectivity index (χ0n) is 11.0. The lowest BCUT2D eigenvalue weighted by Gasteiger charge is -2.17. The van der Waals surface area contributed by atoms with Crippen molar-refractivity contribution in [2.24, 2.45) is 11.1 Å². The Morgan fingerprint density at radius 2 is 2.11 bits per heavy atom. The van der Waals surface area contributed by atoms with Crippen LogP contribution in [0.25, 0.3) is 0 Å². The molecule has 0 spiro atoms. The van der Waals surface area contributed by atoms with E-state index < -0.39 is 10.0 Å². The van der Waals surface area contributed by atoms with Gasteiger partial charge in [-0.05, 0) is 30.5 Å². The number of anilines is 2. The van der Waals surface area contributed by atoms with E-state index in [-0.39, 0.29) is 17.4 Å². The molecule has 0 radical (unpaired) electrons. The van der Waals surface area contributed by atoms with Gasteiger partial charge >= 0.3 is 0 Å². The molecular formula is C12H21N3O3S. The van der Waals surface area contributed by atoms with E-state index in [9.17, 15) is 8.42 Å². The highest BCUT2D eigenvalue weighted by molar-refractivity contribution is 7.89. The lowest BCUT2D eigenvalue weighted by molar-refractivity contribution is 0.258. The van der Waals surface area contributed by atoms with Gasteiger partial charge in [0.2, 0.25) is 10.0 Å². The molecule has 0 heterocycles. The number of aliphatic hydroxyl groups is 1. The highest BCUT2D eigenvalue weighted by Crippen LogP contribution is 2.23. The van der Waals surface area contributed by atoms with Crippen LogP contribution in [0.15, 0.2) is 23.1 Å². The van der Waals surface area contributed by atoms with Crippen LogP contribution in [-0.4, -0.2) is 26.7 Å². The number of rotatable bonds is 7. The maximum absolute atomic E-state index is 11.5. The summed E-state index contributed by atoms with van der Waals surface area (Å²) in [6.07, 6.45) is 1.57. The molecule has 0 bridgehead atoms. The molecule has 1 unspecified atom stereocenters. The standard InChI is InChI=1S/C12H21N3O3S/c1-2-9(5-6-16)8-15-11-4-3-10(13)7-12(11)19(14,17)18/h3-4,7,9,15-16H,2,5-6,8,13H2,1H3,(H2,14,17,18). The fourth-order valence-electron chi connectivity index (χ4n) is 1.81. The summed E-state index contributed by atoms with van der Waals surface area (Å²) in [5, 5.41) is 17.1. The maximum Gasteiger partial charge on any atom is 0.240 e. The normalized spacial score (nSPS) is 13.2. The van der Waals surface area contributed by atoms with E-state index in [0.717, 1.165) is 6.42 Å².